The van der Waals surface area contributed by atoms with E-state index in [4.69, 9.17) is 9.47 Å². The normalized spacial score (nSPS) is 20.9. The number of piperidine rings is 1. The van der Waals surface area contributed by atoms with E-state index in [0.29, 0.717) is 29.8 Å². The molecule has 0 saturated carbocycles. The number of esters is 1. The van der Waals surface area contributed by atoms with E-state index in [2.05, 4.69) is 13.8 Å². The van der Waals surface area contributed by atoms with Crippen LogP contribution in [0.1, 0.15) is 37.6 Å². The molecule has 1 heterocycles. The van der Waals surface area contributed by atoms with Crippen molar-refractivity contribution < 1.29 is 19.1 Å². The number of hydrogen-bond donors (Lipinski definition) is 0. The Labute approximate surface area is 137 Å². The zero-order valence-corrected chi connectivity index (χ0v) is 14.1. The third-order valence-electron chi connectivity index (χ3n) is 3.95. The summed E-state index contributed by atoms with van der Waals surface area (Å²) in [6.07, 6.45) is 1.17. The Morgan fingerprint density at radius 1 is 1.13 bits per heavy atom. The van der Waals surface area contributed by atoms with Crippen LogP contribution in [0.5, 0.6) is 5.75 Å². The summed E-state index contributed by atoms with van der Waals surface area (Å²) in [6.45, 7) is 8.08. The van der Waals surface area contributed by atoms with Gasteiger partial charge in [0, 0.05) is 13.1 Å². The lowest BCUT2D eigenvalue weighted by Gasteiger charge is -2.34. The molecule has 2 unspecified atom stereocenters. The molecule has 1 fully saturated rings. The van der Waals surface area contributed by atoms with Gasteiger partial charge in [0.05, 0.1) is 12.2 Å². The topological polar surface area (TPSA) is 55.8 Å². The van der Waals surface area contributed by atoms with Crippen molar-refractivity contribution in [1.29, 1.82) is 0 Å². The molecule has 0 radical (unpaired) electrons. The first-order valence-electron chi connectivity index (χ1n) is 8.17. The second-order valence-corrected chi connectivity index (χ2v) is 6.28. The summed E-state index contributed by atoms with van der Waals surface area (Å²) in [5.41, 5.74) is 0.476. The van der Waals surface area contributed by atoms with E-state index in [0.717, 1.165) is 13.1 Å². The van der Waals surface area contributed by atoms with Crippen molar-refractivity contribution in [3.8, 4) is 5.75 Å². The number of carbonyl (C=O) groups excluding carboxylic acids is 2. The van der Waals surface area contributed by atoms with E-state index in [1.807, 2.05) is 4.90 Å². The lowest BCUT2D eigenvalue weighted by Crippen LogP contribution is -2.44. The molecule has 0 spiro atoms. The molecule has 1 aromatic carbocycles. The van der Waals surface area contributed by atoms with Gasteiger partial charge in [0.1, 0.15) is 5.75 Å². The highest BCUT2D eigenvalue weighted by Crippen LogP contribution is 2.21. The van der Waals surface area contributed by atoms with Gasteiger partial charge in [-0.25, -0.2) is 4.79 Å². The van der Waals surface area contributed by atoms with E-state index < -0.39 is 0 Å². The molecule has 1 saturated heterocycles. The minimum absolute atomic E-state index is 0.0119. The molecule has 23 heavy (non-hydrogen) atoms. The standard InChI is InChI=1S/C18H25NO4/c1-4-22-18(21)15-5-7-16(8-6-15)23-12-17(20)19-10-13(2)9-14(3)11-19/h5-8,13-14H,4,9-12H2,1-3H3. The van der Waals surface area contributed by atoms with Crippen LogP contribution in [0.4, 0.5) is 0 Å². The molecule has 0 N–H and O–H groups in total. The van der Waals surface area contributed by atoms with Crippen molar-refractivity contribution in [2.75, 3.05) is 26.3 Å². The number of carbonyl (C=O) groups is 2. The quantitative estimate of drug-likeness (QED) is 0.783. The molecule has 5 nitrogen and oxygen atoms in total. The molecule has 1 aliphatic rings. The van der Waals surface area contributed by atoms with Gasteiger partial charge in [-0.05, 0) is 49.4 Å². The Morgan fingerprint density at radius 3 is 2.30 bits per heavy atom. The lowest BCUT2D eigenvalue weighted by molar-refractivity contribution is -0.136. The Bertz CT molecular complexity index is 530. The zero-order valence-electron chi connectivity index (χ0n) is 14.1. The highest BCUT2D eigenvalue weighted by atomic mass is 16.5. The largest absolute Gasteiger partial charge is 0.484 e. The second kappa shape index (κ2) is 7.99. The zero-order chi connectivity index (χ0) is 16.8. The van der Waals surface area contributed by atoms with E-state index in [1.54, 1.807) is 31.2 Å². The monoisotopic (exact) mass is 319 g/mol. The predicted molar refractivity (Wildman–Crippen MR) is 87.4 cm³/mol. The number of benzene rings is 1. The van der Waals surface area contributed by atoms with Crippen molar-refractivity contribution in [3.05, 3.63) is 29.8 Å². The Balaban J connectivity index is 1.85. The number of ether oxygens (including phenoxy) is 2. The third-order valence-corrected chi connectivity index (χ3v) is 3.95. The van der Waals surface area contributed by atoms with Gasteiger partial charge >= 0.3 is 5.97 Å². The maximum atomic E-state index is 12.2. The number of rotatable bonds is 5. The average molecular weight is 319 g/mol. The Hall–Kier alpha value is -2.04. The summed E-state index contributed by atoms with van der Waals surface area (Å²) in [6, 6.07) is 6.65. The van der Waals surface area contributed by atoms with E-state index in [-0.39, 0.29) is 18.5 Å². The fourth-order valence-electron chi connectivity index (χ4n) is 3.00. The van der Waals surface area contributed by atoms with E-state index in [1.165, 1.54) is 6.42 Å². The molecule has 2 atom stereocenters. The number of likely N-dealkylation sites (tertiary alicyclic amines) is 1. The van der Waals surface area contributed by atoms with Crippen LogP contribution in [0.2, 0.25) is 0 Å². The summed E-state index contributed by atoms with van der Waals surface area (Å²) in [5, 5.41) is 0. The Kier molecular flexibility index (Phi) is 6.02. The maximum absolute atomic E-state index is 12.2. The van der Waals surface area contributed by atoms with Crippen LogP contribution in [0.15, 0.2) is 24.3 Å². The van der Waals surface area contributed by atoms with Crippen molar-refractivity contribution in [1.82, 2.24) is 4.90 Å². The number of nitrogens with zero attached hydrogens (tertiary/aromatic N) is 1. The van der Waals surface area contributed by atoms with Crippen molar-refractivity contribution in [3.63, 3.8) is 0 Å². The van der Waals surface area contributed by atoms with E-state index >= 15 is 0 Å². The summed E-state index contributed by atoms with van der Waals surface area (Å²) in [5.74, 6) is 1.30. The first-order chi connectivity index (χ1) is 11.0. The molecule has 126 valence electrons. The highest BCUT2D eigenvalue weighted by molar-refractivity contribution is 5.89. The van der Waals surface area contributed by atoms with Crippen LogP contribution in [0.25, 0.3) is 0 Å². The summed E-state index contributed by atoms with van der Waals surface area (Å²) in [7, 11) is 0. The van der Waals surface area contributed by atoms with Crippen LogP contribution in [0, 0.1) is 11.8 Å². The SMILES string of the molecule is CCOC(=O)c1ccc(OCC(=O)N2CC(C)CC(C)C2)cc1. The van der Waals surface area contributed by atoms with E-state index in [9.17, 15) is 9.59 Å². The van der Waals surface area contributed by atoms with Gasteiger partial charge in [-0.2, -0.15) is 0 Å². The first kappa shape index (κ1) is 17.3. The average Bonchev–Trinajstić information content (AvgIpc) is 2.52. The molecular weight excluding hydrogens is 294 g/mol. The molecule has 1 aromatic rings. The minimum atomic E-state index is -0.355. The fraction of sp³-hybridized carbons (Fsp3) is 0.556. The summed E-state index contributed by atoms with van der Waals surface area (Å²) >= 11 is 0. The van der Waals surface area contributed by atoms with Crippen LogP contribution < -0.4 is 4.74 Å². The van der Waals surface area contributed by atoms with Gasteiger partial charge in [0.25, 0.3) is 5.91 Å². The van der Waals surface area contributed by atoms with Crippen LogP contribution in [-0.2, 0) is 9.53 Å². The lowest BCUT2D eigenvalue weighted by atomic mass is 9.92. The molecule has 1 aliphatic heterocycles. The van der Waals surface area contributed by atoms with Gasteiger partial charge in [0.15, 0.2) is 6.61 Å². The Morgan fingerprint density at radius 2 is 1.74 bits per heavy atom. The van der Waals surface area contributed by atoms with Gasteiger partial charge in [0.2, 0.25) is 0 Å². The molecule has 0 bridgehead atoms. The molecule has 0 aliphatic carbocycles. The second-order valence-electron chi connectivity index (χ2n) is 6.28. The van der Waals surface area contributed by atoms with Crippen molar-refractivity contribution >= 4 is 11.9 Å². The van der Waals surface area contributed by atoms with Gasteiger partial charge in [-0.15, -0.1) is 0 Å². The van der Waals surface area contributed by atoms with Gasteiger partial charge in [-0.1, -0.05) is 13.8 Å². The molecule has 5 heteroatoms. The molecular formula is C18H25NO4. The minimum Gasteiger partial charge on any atom is -0.484 e. The predicted octanol–water partition coefficient (Wildman–Crippen LogP) is 2.75. The van der Waals surface area contributed by atoms with Crippen LogP contribution >= 0.6 is 0 Å². The smallest absolute Gasteiger partial charge is 0.338 e. The summed E-state index contributed by atoms with van der Waals surface area (Å²) in [4.78, 5) is 25.7. The van der Waals surface area contributed by atoms with Gasteiger partial charge in [-0.3, -0.25) is 4.79 Å². The number of hydrogen-bond acceptors (Lipinski definition) is 4. The van der Waals surface area contributed by atoms with Crippen LogP contribution in [-0.4, -0.2) is 43.1 Å². The first-order valence-corrected chi connectivity index (χ1v) is 8.17. The van der Waals surface area contributed by atoms with Crippen LogP contribution in [0.3, 0.4) is 0 Å². The molecule has 1 amide bonds. The summed E-state index contributed by atoms with van der Waals surface area (Å²) < 4.78 is 10.5. The number of amides is 1. The van der Waals surface area contributed by atoms with Gasteiger partial charge < -0.3 is 14.4 Å². The maximum Gasteiger partial charge on any atom is 0.338 e. The fourth-order valence-corrected chi connectivity index (χ4v) is 3.00. The van der Waals surface area contributed by atoms with Crippen molar-refractivity contribution in [2.24, 2.45) is 11.8 Å². The third kappa shape index (κ3) is 4.98. The van der Waals surface area contributed by atoms with Crippen molar-refractivity contribution in [2.45, 2.75) is 27.2 Å². The molecule has 2 rings (SSSR count). The highest BCUT2D eigenvalue weighted by Gasteiger charge is 2.25. The molecule has 0 aromatic heterocycles.